The van der Waals surface area contributed by atoms with Crippen LogP contribution in [0.4, 0.5) is 0 Å². The van der Waals surface area contributed by atoms with Gasteiger partial charge in [-0.2, -0.15) is 5.10 Å². The highest BCUT2D eigenvalue weighted by atomic mass is 16.5. The van der Waals surface area contributed by atoms with Crippen molar-refractivity contribution in [1.82, 2.24) is 20.1 Å². The van der Waals surface area contributed by atoms with Crippen molar-refractivity contribution in [2.75, 3.05) is 7.05 Å². The number of carbonyl (C=O) groups is 1. The fourth-order valence-corrected chi connectivity index (χ4v) is 2.97. The molecule has 0 atom stereocenters. The number of hydrogen-bond donors (Lipinski definition) is 1. The molecule has 4 aromatic rings. The third-order valence-electron chi connectivity index (χ3n) is 4.40. The van der Waals surface area contributed by atoms with Gasteiger partial charge in [-0.05, 0) is 35.9 Å². The zero-order valence-electron chi connectivity index (χ0n) is 15.5. The van der Waals surface area contributed by atoms with Crippen LogP contribution >= 0.6 is 0 Å². The molecule has 2 aromatic carbocycles. The Kier molecular flexibility index (Phi) is 5.01. The van der Waals surface area contributed by atoms with Gasteiger partial charge in [-0.1, -0.05) is 36.4 Å². The molecule has 0 saturated heterocycles. The van der Waals surface area contributed by atoms with Crippen LogP contribution in [0.15, 0.2) is 72.9 Å². The molecule has 1 amide bonds. The van der Waals surface area contributed by atoms with Crippen LogP contribution in [0.1, 0.15) is 21.7 Å². The van der Waals surface area contributed by atoms with E-state index in [1.165, 1.54) is 0 Å². The van der Waals surface area contributed by atoms with Crippen LogP contribution in [0.5, 0.6) is 5.75 Å². The number of aromatic amines is 1. The lowest BCUT2D eigenvalue weighted by Gasteiger charge is -2.16. The van der Waals surface area contributed by atoms with Gasteiger partial charge in [-0.25, -0.2) is 0 Å². The number of rotatable bonds is 6. The average Bonchev–Trinajstić information content (AvgIpc) is 3.21. The summed E-state index contributed by atoms with van der Waals surface area (Å²) in [4.78, 5) is 18.8. The summed E-state index contributed by atoms with van der Waals surface area (Å²) in [6, 6.07) is 21.2. The van der Waals surface area contributed by atoms with Gasteiger partial charge in [0.2, 0.25) is 0 Å². The lowest BCUT2D eigenvalue weighted by atomic mass is 10.1. The first-order chi connectivity index (χ1) is 13.7. The summed E-state index contributed by atoms with van der Waals surface area (Å²) in [6.07, 6.45) is 1.80. The predicted molar refractivity (Wildman–Crippen MR) is 107 cm³/mol. The van der Waals surface area contributed by atoms with Gasteiger partial charge in [0.1, 0.15) is 12.4 Å². The first-order valence-corrected chi connectivity index (χ1v) is 9.00. The van der Waals surface area contributed by atoms with E-state index in [0.29, 0.717) is 18.8 Å². The van der Waals surface area contributed by atoms with E-state index in [2.05, 4.69) is 21.2 Å². The van der Waals surface area contributed by atoms with Gasteiger partial charge < -0.3 is 9.64 Å². The van der Waals surface area contributed by atoms with E-state index < -0.39 is 0 Å². The molecule has 140 valence electrons. The monoisotopic (exact) mass is 372 g/mol. The lowest BCUT2D eigenvalue weighted by Crippen LogP contribution is -2.26. The maximum absolute atomic E-state index is 12.7. The molecule has 0 bridgehead atoms. The molecule has 0 unspecified atom stereocenters. The van der Waals surface area contributed by atoms with E-state index >= 15 is 0 Å². The first-order valence-electron chi connectivity index (χ1n) is 9.00. The third kappa shape index (κ3) is 4.01. The number of nitrogens with zero attached hydrogens (tertiary/aromatic N) is 3. The molecule has 4 rings (SSSR count). The summed E-state index contributed by atoms with van der Waals surface area (Å²) in [6.45, 7) is 0.780. The fraction of sp³-hybridized carbons (Fsp3) is 0.136. The van der Waals surface area contributed by atoms with Crippen LogP contribution in [0.3, 0.4) is 0 Å². The number of para-hydroxylation sites is 2. The smallest absolute Gasteiger partial charge is 0.274 e. The van der Waals surface area contributed by atoms with Gasteiger partial charge in [0, 0.05) is 25.2 Å². The second-order valence-corrected chi connectivity index (χ2v) is 6.58. The molecule has 0 aliphatic carbocycles. The number of pyridine rings is 1. The van der Waals surface area contributed by atoms with Gasteiger partial charge in [-0.15, -0.1) is 0 Å². The molecular weight excluding hydrogens is 352 g/mol. The minimum Gasteiger partial charge on any atom is -0.487 e. The Morgan fingerprint density at radius 2 is 1.86 bits per heavy atom. The molecule has 6 heteroatoms. The van der Waals surface area contributed by atoms with Crippen LogP contribution in [0.2, 0.25) is 0 Å². The van der Waals surface area contributed by atoms with Crippen molar-refractivity contribution in [3.63, 3.8) is 0 Å². The molecule has 0 aliphatic rings. The molecular formula is C22H20N4O2. The highest BCUT2D eigenvalue weighted by Crippen LogP contribution is 2.15. The quantitative estimate of drug-likeness (QED) is 0.559. The van der Waals surface area contributed by atoms with Crippen molar-refractivity contribution in [1.29, 1.82) is 0 Å². The molecule has 0 saturated carbocycles. The topological polar surface area (TPSA) is 71.1 Å². The number of fused-ring (bicyclic) bond motifs is 1. The number of benzene rings is 2. The number of amides is 1. The number of H-pyrrole nitrogens is 1. The second kappa shape index (κ2) is 7.92. The third-order valence-corrected chi connectivity index (χ3v) is 4.40. The van der Waals surface area contributed by atoms with E-state index in [1.807, 2.05) is 54.6 Å². The molecule has 0 radical (unpaired) electrons. The molecule has 0 aliphatic heterocycles. The number of nitrogens with one attached hydrogen (secondary N) is 1. The molecule has 2 aromatic heterocycles. The van der Waals surface area contributed by atoms with Gasteiger partial charge in [0.25, 0.3) is 5.91 Å². The Labute approximate surface area is 162 Å². The van der Waals surface area contributed by atoms with E-state index in [9.17, 15) is 4.79 Å². The Hall–Kier alpha value is -3.67. The van der Waals surface area contributed by atoms with Gasteiger partial charge in [0.05, 0.1) is 11.2 Å². The Bertz CT molecular complexity index is 1090. The molecule has 0 fully saturated rings. The Balaban J connectivity index is 1.40. The van der Waals surface area contributed by atoms with Crippen LogP contribution in [0.25, 0.3) is 10.9 Å². The SMILES string of the molecule is CN(Cc1cnc2ccccc2c1)C(=O)c1cc(COc2ccccc2)[nH]n1. The molecule has 28 heavy (non-hydrogen) atoms. The second-order valence-electron chi connectivity index (χ2n) is 6.58. The summed E-state index contributed by atoms with van der Waals surface area (Å²) in [7, 11) is 1.76. The van der Waals surface area contributed by atoms with Crippen molar-refractivity contribution in [3.05, 3.63) is 89.9 Å². The minimum absolute atomic E-state index is 0.157. The number of ether oxygens (including phenoxy) is 1. The van der Waals surface area contributed by atoms with Gasteiger partial charge in [-0.3, -0.25) is 14.9 Å². The summed E-state index contributed by atoms with van der Waals surface area (Å²) in [5, 5.41) is 8.05. The average molecular weight is 372 g/mol. The zero-order chi connectivity index (χ0) is 19.3. The number of carbonyl (C=O) groups excluding carboxylic acids is 1. The van der Waals surface area contributed by atoms with Crippen LogP contribution in [-0.2, 0) is 13.2 Å². The fourth-order valence-electron chi connectivity index (χ4n) is 2.97. The van der Waals surface area contributed by atoms with Crippen LogP contribution in [0, 0.1) is 0 Å². The first kappa shape index (κ1) is 17.7. The standard InChI is InChI=1S/C22H20N4O2/c1-26(14-16-11-17-7-5-6-10-20(17)23-13-16)22(27)21-12-18(24-25-21)15-28-19-8-3-2-4-9-19/h2-13H,14-15H2,1H3,(H,24,25). The Morgan fingerprint density at radius 3 is 2.71 bits per heavy atom. The summed E-state index contributed by atoms with van der Waals surface area (Å²) >= 11 is 0. The van der Waals surface area contributed by atoms with E-state index in [4.69, 9.17) is 4.74 Å². The zero-order valence-corrected chi connectivity index (χ0v) is 15.5. The minimum atomic E-state index is -0.157. The molecule has 0 spiro atoms. The van der Waals surface area contributed by atoms with E-state index in [-0.39, 0.29) is 5.91 Å². The number of aromatic nitrogens is 3. The highest BCUT2D eigenvalue weighted by Gasteiger charge is 2.16. The number of hydrogen-bond acceptors (Lipinski definition) is 4. The summed E-state index contributed by atoms with van der Waals surface area (Å²) in [5.41, 5.74) is 3.02. The molecule has 6 nitrogen and oxygen atoms in total. The Morgan fingerprint density at radius 1 is 1.07 bits per heavy atom. The van der Waals surface area contributed by atoms with Crippen molar-refractivity contribution in [3.8, 4) is 5.75 Å². The lowest BCUT2D eigenvalue weighted by molar-refractivity contribution is 0.0779. The van der Waals surface area contributed by atoms with Crippen molar-refractivity contribution < 1.29 is 9.53 Å². The molecule has 2 heterocycles. The maximum Gasteiger partial charge on any atom is 0.274 e. The van der Waals surface area contributed by atoms with Crippen molar-refractivity contribution in [2.24, 2.45) is 0 Å². The summed E-state index contributed by atoms with van der Waals surface area (Å²) < 4.78 is 5.68. The highest BCUT2D eigenvalue weighted by molar-refractivity contribution is 5.92. The maximum atomic E-state index is 12.7. The van der Waals surface area contributed by atoms with Gasteiger partial charge >= 0.3 is 0 Å². The molecule has 1 N–H and O–H groups in total. The van der Waals surface area contributed by atoms with Crippen molar-refractivity contribution >= 4 is 16.8 Å². The normalized spacial score (nSPS) is 10.8. The van der Waals surface area contributed by atoms with Gasteiger partial charge in [0.15, 0.2) is 5.69 Å². The van der Waals surface area contributed by atoms with E-state index in [1.54, 1.807) is 24.2 Å². The summed E-state index contributed by atoms with van der Waals surface area (Å²) in [5.74, 6) is 0.612. The van der Waals surface area contributed by atoms with E-state index in [0.717, 1.165) is 27.9 Å². The van der Waals surface area contributed by atoms with Crippen LogP contribution in [-0.4, -0.2) is 33.0 Å². The predicted octanol–water partition coefficient (Wildman–Crippen LogP) is 3.81. The largest absolute Gasteiger partial charge is 0.487 e. The van der Waals surface area contributed by atoms with Crippen molar-refractivity contribution in [2.45, 2.75) is 13.2 Å². The van der Waals surface area contributed by atoms with Crippen LogP contribution < -0.4 is 4.74 Å².